The van der Waals surface area contributed by atoms with Crippen LogP contribution < -0.4 is 4.72 Å². The first-order chi connectivity index (χ1) is 10.9. The number of rotatable bonds is 5. The second kappa shape index (κ2) is 6.22. The molecule has 0 radical (unpaired) electrons. The molecule has 0 heterocycles. The Kier molecular flexibility index (Phi) is 4.44. The SMILES string of the molecule is O=C(O)c1cc2c(c(S(=O)(=O)NCC3CC(O)C3)c1)CCCC2. The molecule has 1 aromatic carbocycles. The molecule has 0 aliphatic heterocycles. The van der Waals surface area contributed by atoms with E-state index in [2.05, 4.69) is 4.72 Å². The summed E-state index contributed by atoms with van der Waals surface area (Å²) in [5.41, 5.74) is 1.60. The van der Waals surface area contributed by atoms with Gasteiger partial charge in [-0.3, -0.25) is 0 Å². The minimum atomic E-state index is -3.74. The molecule has 7 heteroatoms. The fraction of sp³-hybridized carbons (Fsp3) is 0.562. The van der Waals surface area contributed by atoms with Crippen LogP contribution in [0.5, 0.6) is 0 Å². The van der Waals surface area contributed by atoms with Crippen molar-refractivity contribution in [3.05, 3.63) is 28.8 Å². The Morgan fingerprint density at radius 3 is 2.57 bits per heavy atom. The first-order valence-electron chi connectivity index (χ1n) is 7.93. The number of aliphatic hydroxyl groups excluding tert-OH is 1. The van der Waals surface area contributed by atoms with Gasteiger partial charge >= 0.3 is 5.97 Å². The van der Waals surface area contributed by atoms with Gasteiger partial charge in [-0.15, -0.1) is 0 Å². The molecule has 0 amide bonds. The highest BCUT2D eigenvalue weighted by Gasteiger charge is 2.30. The van der Waals surface area contributed by atoms with Crippen LogP contribution in [0.1, 0.15) is 47.2 Å². The minimum Gasteiger partial charge on any atom is -0.478 e. The first kappa shape index (κ1) is 16.4. The van der Waals surface area contributed by atoms with Gasteiger partial charge in [0.1, 0.15) is 0 Å². The Bertz CT molecular complexity index is 722. The van der Waals surface area contributed by atoms with Crippen LogP contribution in [-0.2, 0) is 22.9 Å². The predicted molar refractivity (Wildman–Crippen MR) is 84.0 cm³/mol. The van der Waals surface area contributed by atoms with Gasteiger partial charge in [-0.05, 0) is 67.7 Å². The molecule has 0 atom stereocenters. The monoisotopic (exact) mass is 339 g/mol. The molecule has 0 spiro atoms. The Balaban J connectivity index is 1.90. The molecule has 2 aliphatic carbocycles. The number of carboxylic acids is 1. The fourth-order valence-corrected chi connectivity index (χ4v) is 4.81. The first-order valence-corrected chi connectivity index (χ1v) is 9.42. The molecule has 2 aliphatic rings. The lowest BCUT2D eigenvalue weighted by Crippen LogP contribution is -2.38. The lowest BCUT2D eigenvalue weighted by Gasteiger charge is -2.31. The van der Waals surface area contributed by atoms with Crippen LogP contribution in [-0.4, -0.2) is 37.2 Å². The molecule has 1 fully saturated rings. The molecular weight excluding hydrogens is 318 g/mol. The maximum Gasteiger partial charge on any atom is 0.335 e. The average molecular weight is 339 g/mol. The number of sulfonamides is 1. The summed E-state index contributed by atoms with van der Waals surface area (Å²) in [4.78, 5) is 11.4. The van der Waals surface area contributed by atoms with Crippen LogP contribution in [0.15, 0.2) is 17.0 Å². The third-order valence-electron chi connectivity index (χ3n) is 4.73. The van der Waals surface area contributed by atoms with Crippen molar-refractivity contribution in [3.63, 3.8) is 0 Å². The molecule has 0 saturated heterocycles. The van der Waals surface area contributed by atoms with Crippen LogP contribution in [0.2, 0.25) is 0 Å². The number of aromatic carboxylic acids is 1. The van der Waals surface area contributed by atoms with Gasteiger partial charge in [0.2, 0.25) is 10.0 Å². The maximum absolute atomic E-state index is 12.6. The Morgan fingerprint density at radius 1 is 1.22 bits per heavy atom. The lowest BCUT2D eigenvalue weighted by atomic mass is 9.83. The summed E-state index contributed by atoms with van der Waals surface area (Å²) < 4.78 is 27.9. The van der Waals surface area contributed by atoms with E-state index in [-0.39, 0.29) is 29.0 Å². The molecule has 0 unspecified atom stereocenters. The molecule has 6 nitrogen and oxygen atoms in total. The lowest BCUT2D eigenvalue weighted by molar-refractivity contribution is 0.0453. The zero-order valence-electron chi connectivity index (χ0n) is 12.8. The van der Waals surface area contributed by atoms with Crippen molar-refractivity contribution in [1.29, 1.82) is 0 Å². The van der Waals surface area contributed by atoms with Gasteiger partial charge < -0.3 is 10.2 Å². The normalized spacial score (nSPS) is 23.9. The van der Waals surface area contributed by atoms with Crippen molar-refractivity contribution < 1.29 is 23.4 Å². The fourth-order valence-electron chi connectivity index (χ4n) is 3.36. The third kappa shape index (κ3) is 3.41. The number of aliphatic hydroxyl groups is 1. The number of hydrogen-bond donors (Lipinski definition) is 3. The quantitative estimate of drug-likeness (QED) is 0.750. The summed E-state index contributed by atoms with van der Waals surface area (Å²) in [7, 11) is -3.74. The number of carboxylic acid groups (broad SMARTS) is 1. The molecule has 3 rings (SSSR count). The van der Waals surface area contributed by atoms with Crippen molar-refractivity contribution in [2.75, 3.05) is 6.54 Å². The van der Waals surface area contributed by atoms with Crippen LogP contribution in [0.3, 0.4) is 0 Å². The van der Waals surface area contributed by atoms with E-state index in [1.54, 1.807) is 6.07 Å². The van der Waals surface area contributed by atoms with Crippen molar-refractivity contribution >= 4 is 16.0 Å². The van der Waals surface area contributed by atoms with Gasteiger partial charge in [-0.1, -0.05) is 0 Å². The Morgan fingerprint density at radius 2 is 1.91 bits per heavy atom. The summed E-state index contributed by atoms with van der Waals surface area (Å²) in [6.07, 6.45) is 4.12. The standard InChI is InChI=1S/C16H21NO5S/c18-13-5-10(6-13)9-17-23(21,22)15-8-12(16(19)20)7-11-3-1-2-4-14(11)15/h7-8,10,13,17-18H,1-6,9H2,(H,19,20). The smallest absolute Gasteiger partial charge is 0.335 e. The number of benzene rings is 1. The molecule has 0 bridgehead atoms. The van der Waals surface area contributed by atoms with E-state index in [0.29, 0.717) is 25.7 Å². The van der Waals surface area contributed by atoms with Gasteiger partial charge in [0, 0.05) is 6.54 Å². The second-order valence-electron chi connectivity index (χ2n) is 6.47. The zero-order chi connectivity index (χ0) is 16.6. The number of hydrogen-bond acceptors (Lipinski definition) is 4. The molecule has 23 heavy (non-hydrogen) atoms. The van der Waals surface area contributed by atoms with E-state index in [1.807, 2.05) is 0 Å². The number of nitrogens with one attached hydrogen (secondary N) is 1. The van der Waals surface area contributed by atoms with Gasteiger partial charge in [-0.25, -0.2) is 17.9 Å². The Labute approximate surface area is 135 Å². The summed E-state index contributed by atoms with van der Waals surface area (Å²) in [5, 5.41) is 18.5. The van der Waals surface area contributed by atoms with E-state index in [4.69, 9.17) is 0 Å². The topological polar surface area (TPSA) is 104 Å². The summed E-state index contributed by atoms with van der Waals surface area (Å²) in [6.45, 7) is 0.283. The second-order valence-corrected chi connectivity index (χ2v) is 8.20. The molecule has 1 saturated carbocycles. The van der Waals surface area contributed by atoms with E-state index in [9.17, 15) is 23.4 Å². The largest absolute Gasteiger partial charge is 0.478 e. The maximum atomic E-state index is 12.6. The number of aryl methyl sites for hydroxylation is 1. The molecular formula is C16H21NO5S. The molecule has 3 N–H and O–H groups in total. The summed E-state index contributed by atoms with van der Waals surface area (Å²) in [5.74, 6) is -0.963. The third-order valence-corrected chi connectivity index (χ3v) is 6.22. The van der Waals surface area contributed by atoms with Crippen molar-refractivity contribution in [1.82, 2.24) is 4.72 Å². The van der Waals surface area contributed by atoms with Crippen molar-refractivity contribution in [2.24, 2.45) is 5.92 Å². The van der Waals surface area contributed by atoms with Crippen LogP contribution in [0.4, 0.5) is 0 Å². The predicted octanol–water partition coefficient (Wildman–Crippen LogP) is 1.31. The van der Waals surface area contributed by atoms with Crippen LogP contribution in [0, 0.1) is 5.92 Å². The van der Waals surface area contributed by atoms with E-state index in [0.717, 1.165) is 24.0 Å². The van der Waals surface area contributed by atoms with Gasteiger partial charge in [0.15, 0.2) is 0 Å². The highest BCUT2D eigenvalue weighted by Crippen LogP contribution is 2.30. The number of fused-ring (bicyclic) bond motifs is 1. The van der Waals surface area contributed by atoms with Crippen LogP contribution >= 0.6 is 0 Å². The van der Waals surface area contributed by atoms with E-state index >= 15 is 0 Å². The van der Waals surface area contributed by atoms with Gasteiger partial charge in [0.25, 0.3) is 0 Å². The summed E-state index contributed by atoms with van der Waals surface area (Å²) >= 11 is 0. The average Bonchev–Trinajstić information content (AvgIpc) is 2.49. The summed E-state index contributed by atoms with van der Waals surface area (Å²) in [6, 6.07) is 2.86. The highest BCUT2D eigenvalue weighted by molar-refractivity contribution is 7.89. The highest BCUT2D eigenvalue weighted by atomic mass is 32.2. The van der Waals surface area contributed by atoms with E-state index in [1.165, 1.54) is 6.07 Å². The minimum absolute atomic E-state index is 0.0186. The number of carbonyl (C=O) groups is 1. The van der Waals surface area contributed by atoms with Gasteiger partial charge in [0.05, 0.1) is 16.6 Å². The van der Waals surface area contributed by atoms with Crippen molar-refractivity contribution in [2.45, 2.75) is 49.5 Å². The van der Waals surface area contributed by atoms with Crippen molar-refractivity contribution in [3.8, 4) is 0 Å². The molecule has 0 aromatic heterocycles. The molecule has 1 aromatic rings. The molecule has 126 valence electrons. The Hall–Kier alpha value is -1.44. The van der Waals surface area contributed by atoms with Crippen LogP contribution in [0.25, 0.3) is 0 Å². The van der Waals surface area contributed by atoms with Gasteiger partial charge in [-0.2, -0.15) is 0 Å². The zero-order valence-corrected chi connectivity index (χ0v) is 13.6. The van der Waals surface area contributed by atoms with E-state index < -0.39 is 16.0 Å².